The smallest absolute Gasteiger partial charge is 0.148 e. The van der Waals surface area contributed by atoms with Crippen LogP contribution in [0.15, 0.2) is 24.3 Å². The largest absolute Gasteiger partial charge is 0.396 e. The lowest BCUT2D eigenvalue weighted by molar-refractivity contribution is -0.117. The molecule has 82 valence electrons. The first-order valence-corrected chi connectivity index (χ1v) is 5.15. The first-order chi connectivity index (χ1) is 7.19. The van der Waals surface area contributed by atoms with Gasteiger partial charge in [-0.3, -0.25) is 4.79 Å². The van der Waals surface area contributed by atoms with Crippen molar-refractivity contribution in [2.24, 2.45) is 0 Å². The molecular weight excluding hydrogens is 219 g/mol. The Morgan fingerprint density at radius 1 is 1.47 bits per heavy atom. The first kappa shape index (κ1) is 12.1. The average Bonchev–Trinajstić information content (AvgIpc) is 2.26. The van der Waals surface area contributed by atoms with Crippen LogP contribution in [0.25, 0.3) is 0 Å². The second kappa shape index (κ2) is 5.83. The molecule has 0 saturated carbocycles. The van der Waals surface area contributed by atoms with Crippen molar-refractivity contribution in [1.82, 2.24) is 0 Å². The van der Waals surface area contributed by atoms with E-state index in [1.165, 1.54) is 6.07 Å². The van der Waals surface area contributed by atoms with Crippen molar-refractivity contribution in [3.05, 3.63) is 35.6 Å². The number of alkyl halides is 1. The van der Waals surface area contributed by atoms with E-state index >= 15 is 0 Å². The molecule has 0 spiro atoms. The second-order valence-electron chi connectivity index (χ2n) is 3.28. The zero-order chi connectivity index (χ0) is 11.3. The number of halogens is 2. The fourth-order valence-corrected chi connectivity index (χ4v) is 1.52. The summed E-state index contributed by atoms with van der Waals surface area (Å²) >= 11 is 5.36. The Balaban J connectivity index is 2.83. The van der Waals surface area contributed by atoms with Crippen molar-refractivity contribution in [2.75, 3.05) is 12.5 Å². The molecule has 1 rings (SSSR count). The minimum Gasteiger partial charge on any atom is -0.396 e. The number of carbonyl (C=O) groups excluding carboxylic acids is 1. The van der Waals surface area contributed by atoms with Crippen LogP contribution in [0.5, 0.6) is 0 Å². The standard InChI is InChI=1S/C11H12ClFO2/c12-6-9(15)5-8(7-14)10-3-1-2-4-11(10)13/h1-4,8,14H,5-7H2. The molecule has 0 aliphatic carbocycles. The Kier molecular flexibility index (Phi) is 4.72. The van der Waals surface area contributed by atoms with E-state index in [1.807, 2.05) is 0 Å². The topological polar surface area (TPSA) is 37.3 Å². The van der Waals surface area contributed by atoms with Crippen LogP contribution in [0.3, 0.4) is 0 Å². The molecule has 0 aromatic heterocycles. The lowest BCUT2D eigenvalue weighted by atomic mass is 9.94. The van der Waals surface area contributed by atoms with Gasteiger partial charge in [0.25, 0.3) is 0 Å². The molecule has 1 aromatic carbocycles. The van der Waals surface area contributed by atoms with Crippen molar-refractivity contribution in [2.45, 2.75) is 12.3 Å². The quantitative estimate of drug-likeness (QED) is 0.787. The van der Waals surface area contributed by atoms with Gasteiger partial charge in [0.1, 0.15) is 11.6 Å². The minimum atomic E-state index is -0.502. The summed E-state index contributed by atoms with van der Waals surface area (Å²) in [4.78, 5) is 11.1. The summed E-state index contributed by atoms with van der Waals surface area (Å²) in [5.74, 6) is -1.21. The fraction of sp³-hybridized carbons (Fsp3) is 0.364. The molecule has 1 aromatic rings. The molecule has 0 amide bonds. The van der Waals surface area contributed by atoms with Crippen LogP contribution < -0.4 is 0 Å². The molecule has 2 nitrogen and oxygen atoms in total. The van der Waals surface area contributed by atoms with Crippen molar-refractivity contribution in [1.29, 1.82) is 0 Å². The predicted octanol–water partition coefficient (Wildman–Crippen LogP) is 2.10. The summed E-state index contributed by atoms with van der Waals surface area (Å²) in [6, 6.07) is 6.11. The number of carbonyl (C=O) groups is 1. The maximum atomic E-state index is 13.3. The van der Waals surface area contributed by atoms with Gasteiger partial charge >= 0.3 is 0 Å². The maximum Gasteiger partial charge on any atom is 0.148 e. The van der Waals surface area contributed by atoms with Crippen LogP contribution >= 0.6 is 11.6 Å². The summed E-state index contributed by atoms with van der Waals surface area (Å²) < 4.78 is 13.3. The Morgan fingerprint density at radius 2 is 2.13 bits per heavy atom. The Bertz CT molecular complexity index is 341. The highest BCUT2D eigenvalue weighted by Gasteiger charge is 2.17. The summed E-state index contributed by atoms with van der Waals surface area (Å²) in [6.45, 7) is -0.260. The number of benzene rings is 1. The molecule has 15 heavy (non-hydrogen) atoms. The second-order valence-corrected chi connectivity index (χ2v) is 3.54. The maximum absolute atomic E-state index is 13.3. The van der Waals surface area contributed by atoms with Crippen molar-refractivity contribution >= 4 is 17.4 Å². The van der Waals surface area contributed by atoms with Crippen molar-refractivity contribution in [3.63, 3.8) is 0 Å². The lowest BCUT2D eigenvalue weighted by Crippen LogP contribution is -2.13. The molecule has 4 heteroatoms. The van der Waals surface area contributed by atoms with Gasteiger partial charge in [0.2, 0.25) is 0 Å². The molecule has 1 unspecified atom stereocenters. The monoisotopic (exact) mass is 230 g/mol. The van der Waals surface area contributed by atoms with Gasteiger partial charge in [-0.2, -0.15) is 0 Å². The molecule has 0 fully saturated rings. The van der Waals surface area contributed by atoms with E-state index < -0.39 is 11.7 Å². The average molecular weight is 231 g/mol. The summed E-state index contributed by atoms with van der Waals surface area (Å²) in [5.41, 5.74) is 0.360. The van der Waals surface area contributed by atoms with E-state index in [4.69, 9.17) is 16.7 Å². The Labute approximate surface area is 92.7 Å². The van der Waals surface area contributed by atoms with Gasteiger partial charge in [0.05, 0.1) is 12.5 Å². The van der Waals surface area contributed by atoms with Crippen LogP contribution in [0.2, 0.25) is 0 Å². The number of rotatable bonds is 5. The fourth-order valence-electron chi connectivity index (χ4n) is 1.41. The van der Waals surface area contributed by atoms with Crippen molar-refractivity contribution in [3.8, 4) is 0 Å². The summed E-state index contributed by atoms with van der Waals surface area (Å²) in [7, 11) is 0. The number of aliphatic hydroxyl groups excluding tert-OH is 1. The molecule has 0 aliphatic rings. The molecular formula is C11H12ClFO2. The third kappa shape index (κ3) is 3.29. The van der Waals surface area contributed by atoms with Gasteiger partial charge in [0.15, 0.2) is 0 Å². The molecule has 1 atom stereocenters. The van der Waals surface area contributed by atoms with Crippen molar-refractivity contribution < 1.29 is 14.3 Å². The molecule has 0 radical (unpaired) electrons. The van der Waals surface area contributed by atoms with Gasteiger partial charge in [-0.1, -0.05) is 18.2 Å². The predicted molar refractivity (Wildman–Crippen MR) is 56.6 cm³/mol. The third-order valence-corrected chi connectivity index (χ3v) is 2.49. The highest BCUT2D eigenvalue weighted by Crippen LogP contribution is 2.22. The van der Waals surface area contributed by atoms with E-state index in [1.54, 1.807) is 18.2 Å². The Hall–Kier alpha value is -0.930. The van der Waals surface area contributed by atoms with Gasteiger partial charge < -0.3 is 5.11 Å². The van der Waals surface area contributed by atoms with Gasteiger partial charge in [-0.05, 0) is 11.6 Å². The zero-order valence-corrected chi connectivity index (χ0v) is 8.88. The number of hydrogen-bond acceptors (Lipinski definition) is 2. The van der Waals surface area contributed by atoms with Gasteiger partial charge in [0, 0.05) is 12.3 Å². The summed E-state index contributed by atoms with van der Waals surface area (Å²) in [6.07, 6.45) is 0.0704. The molecule has 0 heterocycles. The highest BCUT2D eigenvalue weighted by molar-refractivity contribution is 6.27. The van der Waals surface area contributed by atoms with E-state index in [0.717, 1.165) is 0 Å². The highest BCUT2D eigenvalue weighted by atomic mass is 35.5. The number of hydrogen-bond donors (Lipinski definition) is 1. The normalized spacial score (nSPS) is 12.5. The SMILES string of the molecule is O=C(CCl)CC(CO)c1ccccc1F. The minimum absolute atomic E-state index is 0.0704. The molecule has 0 aliphatic heterocycles. The van der Waals surface area contributed by atoms with E-state index in [-0.39, 0.29) is 24.7 Å². The summed E-state index contributed by atoms with van der Waals surface area (Å²) in [5, 5.41) is 9.09. The van der Waals surface area contributed by atoms with Gasteiger partial charge in [-0.15, -0.1) is 11.6 Å². The van der Waals surface area contributed by atoms with Crippen LogP contribution in [-0.2, 0) is 4.79 Å². The number of ketones is 1. The number of Topliss-reactive ketones (excluding diaryl/α,β-unsaturated/α-hetero) is 1. The van der Waals surface area contributed by atoms with Crippen LogP contribution in [0, 0.1) is 5.82 Å². The molecule has 0 saturated heterocycles. The van der Waals surface area contributed by atoms with E-state index in [0.29, 0.717) is 5.56 Å². The van der Waals surface area contributed by atoms with Crippen LogP contribution in [-0.4, -0.2) is 23.4 Å². The zero-order valence-electron chi connectivity index (χ0n) is 8.12. The molecule has 0 bridgehead atoms. The lowest BCUT2D eigenvalue weighted by Gasteiger charge is -2.13. The van der Waals surface area contributed by atoms with Gasteiger partial charge in [-0.25, -0.2) is 4.39 Å². The Morgan fingerprint density at radius 3 is 2.67 bits per heavy atom. The molecule has 1 N–H and O–H groups in total. The van der Waals surface area contributed by atoms with E-state index in [2.05, 4.69) is 0 Å². The number of aliphatic hydroxyl groups is 1. The van der Waals surface area contributed by atoms with Crippen LogP contribution in [0.4, 0.5) is 4.39 Å². The van der Waals surface area contributed by atoms with E-state index in [9.17, 15) is 9.18 Å². The van der Waals surface area contributed by atoms with Crippen LogP contribution in [0.1, 0.15) is 17.9 Å². The third-order valence-electron chi connectivity index (χ3n) is 2.19. The first-order valence-electron chi connectivity index (χ1n) is 4.62.